The summed E-state index contributed by atoms with van der Waals surface area (Å²) in [5.41, 5.74) is -0.924. The summed E-state index contributed by atoms with van der Waals surface area (Å²) in [5.74, 6) is -0.611. The van der Waals surface area contributed by atoms with Gasteiger partial charge in [-0.2, -0.15) is 26.3 Å². The lowest BCUT2D eigenvalue weighted by atomic mass is 9.99. The summed E-state index contributed by atoms with van der Waals surface area (Å²) in [5, 5.41) is 11.8. The van der Waals surface area contributed by atoms with Crippen LogP contribution in [-0.2, 0) is 18.9 Å². The van der Waals surface area contributed by atoms with E-state index in [0.29, 0.717) is 23.4 Å². The Labute approximate surface area is 191 Å². The zero-order chi connectivity index (χ0) is 25.5. The van der Waals surface area contributed by atoms with Gasteiger partial charge < -0.3 is 15.2 Å². The molecule has 34 heavy (non-hydrogen) atoms. The highest BCUT2D eigenvalue weighted by Gasteiger charge is 2.36. The van der Waals surface area contributed by atoms with E-state index in [1.807, 2.05) is 30.3 Å². The zero-order valence-electron chi connectivity index (χ0n) is 18.1. The van der Waals surface area contributed by atoms with Gasteiger partial charge in [0.2, 0.25) is 0 Å². The molecule has 4 nitrogen and oxygen atoms in total. The highest BCUT2D eigenvalue weighted by Crippen LogP contribution is 2.36. The second-order valence-corrected chi connectivity index (χ2v) is 7.00. The molecule has 2 N–H and O–H groups in total. The van der Waals surface area contributed by atoms with E-state index in [9.17, 15) is 36.2 Å². The van der Waals surface area contributed by atoms with E-state index in [-0.39, 0.29) is 23.7 Å². The Balaban J connectivity index is 0.000000240. The quantitative estimate of drug-likeness (QED) is 0.405. The zero-order valence-corrected chi connectivity index (χ0v) is 18.1. The second kappa shape index (κ2) is 11.1. The number of methoxy groups -OCH3 is 1. The van der Waals surface area contributed by atoms with E-state index in [2.05, 4.69) is 5.32 Å². The molecule has 10 heteroatoms. The lowest BCUT2D eigenvalue weighted by Gasteiger charge is -2.13. The van der Waals surface area contributed by atoms with Gasteiger partial charge in [0, 0.05) is 6.54 Å². The summed E-state index contributed by atoms with van der Waals surface area (Å²) in [4.78, 5) is 11.3. The van der Waals surface area contributed by atoms with Crippen LogP contribution in [0.4, 0.5) is 26.3 Å². The maximum atomic E-state index is 12.4. The molecular weight excluding hydrogens is 464 g/mol. The third kappa shape index (κ3) is 6.98. The average molecular weight is 485 g/mol. The number of halogens is 6. The molecule has 0 saturated heterocycles. The molecule has 0 spiro atoms. The maximum Gasteiger partial charge on any atom is 0.416 e. The Morgan fingerprint density at radius 3 is 1.88 bits per heavy atom. The van der Waals surface area contributed by atoms with Gasteiger partial charge in [0.1, 0.15) is 11.3 Å². The Morgan fingerprint density at radius 2 is 1.44 bits per heavy atom. The Morgan fingerprint density at radius 1 is 0.882 bits per heavy atom. The van der Waals surface area contributed by atoms with Crippen LogP contribution in [0.15, 0.2) is 66.7 Å². The molecule has 0 radical (unpaired) electrons. The number of hydrogen-bond donors (Lipinski definition) is 2. The van der Waals surface area contributed by atoms with Gasteiger partial charge in [-0.25, -0.2) is 4.79 Å². The van der Waals surface area contributed by atoms with Crippen molar-refractivity contribution in [2.75, 3.05) is 14.2 Å². The Kier molecular flexibility index (Phi) is 8.69. The van der Waals surface area contributed by atoms with Gasteiger partial charge in [0.15, 0.2) is 0 Å². The molecular formula is C24H21F6NO3. The number of carboxylic acids is 1. The van der Waals surface area contributed by atoms with Gasteiger partial charge in [-0.15, -0.1) is 0 Å². The average Bonchev–Trinajstić information content (AvgIpc) is 2.78. The van der Waals surface area contributed by atoms with Crippen LogP contribution in [-0.4, -0.2) is 25.2 Å². The van der Waals surface area contributed by atoms with Crippen molar-refractivity contribution >= 4 is 5.97 Å². The lowest BCUT2D eigenvalue weighted by molar-refractivity contribution is -0.143. The van der Waals surface area contributed by atoms with Crippen molar-refractivity contribution in [2.24, 2.45) is 0 Å². The maximum absolute atomic E-state index is 12.4. The number of benzene rings is 3. The van der Waals surface area contributed by atoms with Crippen LogP contribution in [0.25, 0.3) is 11.1 Å². The summed E-state index contributed by atoms with van der Waals surface area (Å²) in [6, 6.07) is 16.1. The fraction of sp³-hybridized carbons (Fsp3) is 0.208. The summed E-state index contributed by atoms with van der Waals surface area (Å²) in [7, 11) is 2.91. The van der Waals surface area contributed by atoms with E-state index in [1.54, 1.807) is 18.2 Å². The van der Waals surface area contributed by atoms with Crippen molar-refractivity contribution in [3.8, 4) is 16.9 Å². The van der Waals surface area contributed by atoms with Crippen LogP contribution in [0.3, 0.4) is 0 Å². The highest BCUT2D eigenvalue weighted by atomic mass is 19.4. The van der Waals surface area contributed by atoms with Crippen LogP contribution in [0.1, 0.15) is 27.0 Å². The predicted octanol–water partition coefficient (Wildman–Crippen LogP) is 6.50. The number of carboxylic acid groups (broad SMARTS) is 1. The minimum atomic E-state index is -4.79. The lowest BCUT2D eigenvalue weighted by Crippen LogP contribution is -2.14. The molecule has 182 valence electrons. The largest absolute Gasteiger partial charge is 0.496 e. The van der Waals surface area contributed by atoms with Crippen molar-refractivity contribution in [3.63, 3.8) is 0 Å². The van der Waals surface area contributed by atoms with Crippen LogP contribution in [0.2, 0.25) is 0 Å². The molecule has 3 aromatic rings. The molecule has 0 atom stereocenters. The molecule has 0 bridgehead atoms. The first-order chi connectivity index (χ1) is 15.9. The van der Waals surface area contributed by atoms with Gasteiger partial charge in [-0.1, -0.05) is 42.5 Å². The number of nitrogens with one attached hydrogen (secondary N) is 1. The predicted molar refractivity (Wildman–Crippen MR) is 115 cm³/mol. The van der Waals surface area contributed by atoms with Gasteiger partial charge in [-0.3, -0.25) is 0 Å². The second-order valence-electron chi connectivity index (χ2n) is 7.00. The van der Waals surface area contributed by atoms with Gasteiger partial charge in [-0.05, 0) is 48.0 Å². The third-order valence-electron chi connectivity index (χ3n) is 4.57. The third-order valence-corrected chi connectivity index (χ3v) is 4.57. The van der Waals surface area contributed by atoms with Crippen LogP contribution in [0.5, 0.6) is 5.75 Å². The standard InChI is InChI=1S/C14H12O3.C10H9F6N/c1-17-12-9-5-8-11(13(12)14(15)16)10-6-3-2-4-7-10;1-17-5-6-2-7(9(11,12)13)4-8(3-6)10(14,15)16/h2-9H,1H3,(H,15,16);2-4,17H,5H2,1H3. The first kappa shape index (κ1) is 26.7. The van der Waals surface area contributed by atoms with Crippen molar-refractivity contribution < 1.29 is 41.0 Å². The molecule has 3 rings (SSSR count). The molecule has 0 aliphatic carbocycles. The molecule has 0 heterocycles. The minimum Gasteiger partial charge on any atom is -0.496 e. The van der Waals surface area contributed by atoms with Crippen LogP contribution < -0.4 is 10.1 Å². The first-order valence-corrected chi connectivity index (χ1v) is 9.77. The minimum absolute atomic E-state index is 0.0605. The SMILES string of the molecule is CNCc1cc(C(F)(F)F)cc(C(F)(F)F)c1.COc1cccc(-c2ccccc2)c1C(=O)O. The summed E-state index contributed by atoms with van der Waals surface area (Å²) in [6.45, 7) is -0.0625. The summed E-state index contributed by atoms with van der Waals surface area (Å²) in [6.07, 6.45) is -9.58. The number of rotatable bonds is 5. The van der Waals surface area contributed by atoms with E-state index in [0.717, 1.165) is 5.56 Å². The van der Waals surface area contributed by atoms with E-state index >= 15 is 0 Å². The monoisotopic (exact) mass is 485 g/mol. The molecule has 0 saturated carbocycles. The van der Waals surface area contributed by atoms with Crippen LogP contribution >= 0.6 is 0 Å². The normalized spacial score (nSPS) is 11.4. The summed E-state index contributed by atoms with van der Waals surface area (Å²) < 4.78 is 79.4. The fourth-order valence-corrected chi connectivity index (χ4v) is 3.11. The van der Waals surface area contributed by atoms with Gasteiger partial charge in [0.05, 0.1) is 18.2 Å². The number of aromatic carboxylic acids is 1. The molecule has 0 amide bonds. The number of carbonyl (C=O) groups is 1. The molecule has 0 aliphatic rings. The highest BCUT2D eigenvalue weighted by molar-refractivity contribution is 5.99. The molecule has 0 aromatic heterocycles. The fourth-order valence-electron chi connectivity index (χ4n) is 3.11. The van der Waals surface area contributed by atoms with Crippen molar-refractivity contribution in [1.29, 1.82) is 0 Å². The molecule has 0 fully saturated rings. The molecule has 0 aliphatic heterocycles. The summed E-state index contributed by atoms with van der Waals surface area (Å²) >= 11 is 0. The Hall–Kier alpha value is -3.53. The van der Waals surface area contributed by atoms with Crippen LogP contribution in [0, 0.1) is 0 Å². The van der Waals surface area contributed by atoms with Crippen molar-refractivity contribution in [2.45, 2.75) is 18.9 Å². The number of ether oxygens (including phenoxy) is 1. The van der Waals surface area contributed by atoms with Gasteiger partial charge in [0.25, 0.3) is 0 Å². The van der Waals surface area contributed by atoms with Crippen molar-refractivity contribution in [3.05, 3.63) is 89.0 Å². The number of hydrogen-bond acceptors (Lipinski definition) is 3. The topological polar surface area (TPSA) is 58.6 Å². The smallest absolute Gasteiger partial charge is 0.416 e. The van der Waals surface area contributed by atoms with E-state index < -0.39 is 29.4 Å². The molecule has 3 aromatic carbocycles. The van der Waals surface area contributed by atoms with E-state index in [4.69, 9.17) is 4.74 Å². The number of alkyl halides is 6. The Bertz CT molecular complexity index is 1080. The van der Waals surface area contributed by atoms with E-state index in [1.165, 1.54) is 14.2 Å². The first-order valence-electron chi connectivity index (χ1n) is 9.77. The molecule has 0 unspecified atom stereocenters. The van der Waals surface area contributed by atoms with Gasteiger partial charge >= 0.3 is 18.3 Å². The van der Waals surface area contributed by atoms with Crippen molar-refractivity contribution in [1.82, 2.24) is 5.32 Å².